The molecule has 1 saturated heterocycles. The highest BCUT2D eigenvalue weighted by Crippen LogP contribution is 2.49. The number of likely N-dealkylation sites (N-methyl/N-ethyl adjacent to an activating group) is 1. The molecular weight excluding hydrogens is 245 g/mol. The third-order valence-electron chi connectivity index (χ3n) is 4.28. The van der Waals surface area contributed by atoms with Crippen molar-refractivity contribution in [2.75, 3.05) is 27.2 Å². The fourth-order valence-corrected chi connectivity index (χ4v) is 3.52. The van der Waals surface area contributed by atoms with Gasteiger partial charge in [0.25, 0.3) is 0 Å². The Morgan fingerprint density at radius 1 is 1.42 bits per heavy atom. The average molecular weight is 263 g/mol. The molecule has 0 aromatic heterocycles. The molecule has 2 N–H and O–H groups in total. The predicted molar refractivity (Wildman–Crippen MR) is 70.5 cm³/mol. The molecule has 102 valence electrons. The number of halogens is 1. The van der Waals surface area contributed by atoms with Gasteiger partial charge in [-0.2, -0.15) is 0 Å². The van der Waals surface area contributed by atoms with E-state index in [4.69, 9.17) is 0 Å². The van der Waals surface area contributed by atoms with Crippen LogP contribution in [0.3, 0.4) is 0 Å². The number of amides is 2. The van der Waals surface area contributed by atoms with Crippen molar-refractivity contribution < 1.29 is 9.18 Å². The summed E-state index contributed by atoms with van der Waals surface area (Å²) in [6.07, 6.45) is 0. The van der Waals surface area contributed by atoms with Crippen LogP contribution < -0.4 is 10.6 Å². The molecule has 4 nitrogen and oxygen atoms in total. The van der Waals surface area contributed by atoms with Crippen molar-refractivity contribution in [1.29, 1.82) is 0 Å². The van der Waals surface area contributed by atoms with Crippen LogP contribution in [0.2, 0.25) is 0 Å². The smallest absolute Gasteiger partial charge is 0.315 e. The number of hydrogen-bond donors (Lipinski definition) is 2. The van der Waals surface area contributed by atoms with Gasteiger partial charge in [0, 0.05) is 32.0 Å². The number of hydrogen-bond acceptors (Lipinski definition) is 2. The Balaban J connectivity index is 2.00. The van der Waals surface area contributed by atoms with Crippen LogP contribution in [0.4, 0.5) is 9.18 Å². The van der Waals surface area contributed by atoms with Gasteiger partial charge < -0.3 is 15.5 Å². The minimum atomic E-state index is -0.213. The van der Waals surface area contributed by atoms with E-state index in [9.17, 15) is 9.18 Å². The third-order valence-corrected chi connectivity index (χ3v) is 4.28. The summed E-state index contributed by atoms with van der Waals surface area (Å²) in [5, 5.41) is 5.53. The first kappa shape index (κ1) is 12.4. The van der Waals surface area contributed by atoms with Crippen LogP contribution in [-0.2, 0) is 0 Å². The van der Waals surface area contributed by atoms with Crippen LogP contribution in [0.1, 0.15) is 23.1 Å². The largest absolute Gasteiger partial charge is 0.341 e. The van der Waals surface area contributed by atoms with E-state index in [1.54, 1.807) is 13.1 Å². The second-order valence-electron chi connectivity index (χ2n) is 5.44. The summed E-state index contributed by atoms with van der Waals surface area (Å²) in [4.78, 5) is 13.8. The van der Waals surface area contributed by atoms with E-state index < -0.39 is 0 Å². The lowest BCUT2D eigenvalue weighted by atomic mass is 9.94. The van der Waals surface area contributed by atoms with Crippen molar-refractivity contribution in [3.05, 3.63) is 35.1 Å². The van der Waals surface area contributed by atoms with Crippen LogP contribution in [-0.4, -0.2) is 38.1 Å². The Bertz CT molecular complexity index is 519. The van der Waals surface area contributed by atoms with E-state index >= 15 is 0 Å². The Morgan fingerprint density at radius 2 is 2.21 bits per heavy atom. The van der Waals surface area contributed by atoms with Crippen molar-refractivity contribution in [1.82, 2.24) is 15.5 Å². The van der Waals surface area contributed by atoms with Crippen LogP contribution in [0.15, 0.2) is 18.2 Å². The Morgan fingerprint density at radius 3 is 2.95 bits per heavy atom. The van der Waals surface area contributed by atoms with Crippen molar-refractivity contribution in [2.24, 2.45) is 5.92 Å². The van der Waals surface area contributed by atoms with E-state index in [-0.39, 0.29) is 29.7 Å². The first-order valence-corrected chi connectivity index (χ1v) is 6.57. The predicted octanol–water partition coefficient (Wildman–Crippen LogP) is 1.45. The van der Waals surface area contributed by atoms with Gasteiger partial charge in [0.15, 0.2) is 0 Å². The summed E-state index contributed by atoms with van der Waals surface area (Å²) >= 11 is 0. The number of carbonyl (C=O) groups is 1. The van der Waals surface area contributed by atoms with Crippen molar-refractivity contribution in [3.8, 4) is 0 Å². The Kier molecular flexibility index (Phi) is 2.93. The highest BCUT2D eigenvalue weighted by Gasteiger charge is 2.47. The molecule has 0 bridgehead atoms. The summed E-state index contributed by atoms with van der Waals surface area (Å²) in [6.45, 7) is 1.73. The lowest BCUT2D eigenvalue weighted by Gasteiger charge is -2.21. The quantitative estimate of drug-likeness (QED) is 0.805. The maximum Gasteiger partial charge on any atom is 0.315 e. The third kappa shape index (κ3) is 1.89. The number of fused-ring (bicyclic) bond motifs is 3. The van der Waals surface area contributed by atoms with E-state index in [0.717, 1.165) is 24.2 Å². The zero-order chi connectivity index (χ0) is 13.6. The van der Waals surface area contributed by atoms with Gasteiger partial charge in [-0.25, -0.2) is 9.18 Å². The van der Waals surface area contributed by atoms with Crippen LogP contribution in [0.25, 0.3) is 0 Å². The number of urea groups is 1. The molecule has 0 radical (unpaired) electrons. The fraction of sp³-hybridized carbons (Fsp3) is 0.500. The number of nitrogens with zero attached hydrogens (tertiary/aromatic N) is 1. The zero-order valence-electron chi connectivity index (χ0n) is 11.1. The van der Waals surface area contributed by atoms with Crippen LogP contribution >= 0.6 is 0 Å². The maximum atomic E-state index is 14.1. The highest BCUT2D eigenvalue weighted by atomic mass is 19.1. The highest BCUT2D eigenvalue weighted by molar-refractivity contribution is 5.74. The van der Waals surface area contributed by atoms with Gasteiger partial charge in [0.1, 0.15) is 5.82 Å². The van der Waals surface area contributed by atoms with Gasteiger partial charge in [-0.3, -0.25) is 0 Å². The monoisotopic (exact) mass is 263 g/mol. The van der Waals surface area contributed by atoms with E-state index in [2.05, 4.69) is 15.5 Å². The van der Waals surface area contributed by atoms with Gasteiger partial charge >= 0.3 is 6.03 Å². The van der Waals surface area contributed by atoms with E-state index in [1.807, 2.05) is 13.1 Å². The number of likely N-dealkylation sites (tertiary alicyclic amines) is 1. The van der Waals surface area contributed by atoms with Gasteiger partial charge in [0.05, 0.1) is 6.04 Å². The number of rotatable bonds is 1. The van der Waals surface area contributed by atoms with Crippen LogP contribution in [0.5, 0.6) is 0 Å². The maximum absolute atomic E-state index is 14.1. The topological polar surface area (TPSA) is 44.4 Å². The first-order chi connectivity index (χ1) is 9.11. The van der Waals surface area contributed by atoms with Crippen molar-refractivity contribution in [2.45, 2.75) is 12.0 Å². The zero-order valence-corrected chi connectivity index (χ0v) is 11.1. The Hall–Kier alpha value is -1.62. The van der Waals surface area contributed by atoms with Gasteiger partial charge in [0.2, 0.25) is 0 Å². The minimum Gasteiger partial charge on any atom is -0.341 e. The molecule has 1 fully saturated rings. The van der Waals surface area contributed by atoms with E-state index in [1.165, 1.54) is 6.07 Å². The van der Waals surface area contributed by atoms with Crippen molar-refractivity contribution in [3.63, 3.8) is 0 Å². The number of nitrogens with one attached hydrogen (secondary N) is 2. The van der Waals surface area contributed by atoms with Gasteiger partial charge in [-0.05, 0) is 24.2 Å². The summed E-state index contributed by atoms with van der Waals surface area (Å²) in [5.41, 5.74) is 1.73. The molecule has 1 heterocycles. The Labute approximate surface area is 112 Å². The molecule has 1 aliphatic heterocycles. The molecule has 1 aromatic carbocycles. The molecule has 0 spiro atoms. The van der Waals surface area contributed by atoms with Gasteiger partial charge in [-0.15, -0.1) is 0 Å². The molecule has 2 amide bonds. The molecule has 19 heavy (non-hydrogen) atoms. The molecule has 5 heteroatoms. The summed E-state index contributed by atoms with van der Waals surface area (Å²) in [5.74, 6) is 0.293. The molecule has 1 aliphatic carbocycles. The molecule has 3 rings (SSSR count). The molecule has 2 aliphatic rings. The number of carbonyl (C=O) groups excluding carboxylic acids is 1. The second kappa shape index (κ2) is 4.49. The summed E-state index contributed by atoms with van der Waals surface area (Å²) in [7, 11) is 3.63. The molecule has 0 unspecified atom stereocenters. The molecule has 3 atom stereocenters. The van der Waals surface area contributed by atoms with E-state index in [0.29, 0.717) is 0 Å². The lowest BCUT2D eigenvalue weighted by Crippen LogP contribution is -2.38. The average Bonchev–Trinajstić information content (AvgIpc) is 2.87. The molecule has 1 aromatic rings. The normalized spacial score (nSPS) is 28.9. The second-order valence-corrected chi connectivity index (χ2v) is 5.44. The minimum absolute atomic E-state index is 0.0967. The first-order valence-electron chi connectivity index (χ1n) is 6.57. The molecule has 0 saturated carbocycles. The standard InChI is InChI=1S/C14H18FN3O/c1-16-14(19)17-13-8-4-3-5-11(15)12(8)9-6-18(2)7-10(9)13/h3-5,9-10,13H,6-7H2,1-2H3,(H2,16,17,19)/t9-,10+,13-/m0/s1. The van der Waals surface area contributed by atoms with Gasteiger partial charge in [-0.1, -0.05) is 12.1 Å². The molecular formula is C14H18FN3O. The fourth-order valence-electron chi connectivity index (χ4n) is 3.52. The summed E-state index contributed by atoms with van der Waals surface area (Å²) < 4.78 is 14.1. The summed E-state index contributed by atoms with van der Waals surface area (Å²) in [6, 6.07) is 4.85. The SMILES string of the molecule is CNC(=O)N[C@H]1c2cccc(F)c2[C@H]2CN(C)C[C@H]21. The number of benzene rings is 1. The lowest BCUT2D eigenvalue weighted by molar-refractivity contribution is 0.233. The van der Waals surface area contributed by atoms with Crippen molar-refractivity contribution >= 4 is 6.03 Å². The van der Waals surface area contributed by atoms with Crippen LogP contribution in [0, 0.1) is 11.7 Å².